The molecule has 102 valence electrons. The van der Waals surface area contributed by atoms with Gasteiger partial charge in [-0.05, 0) is 87.0 Å². The molecular formula is C17H29N. The molecule has 18 heavy (non-hydrogen) atoms. The van der Waals surface area contributed by atoms with Crippen LogP contribution in [0.3, 0.4) is 0 Å². The molecule has 0 saturated heterocycles. The van der Waals surface area contributed by atoms with Gasteiger partial charge in [0, 0.05) is 6.04 Å². The fraction of sp³-hybridized carbons (Fsp3) is 1.00. The van der Waals surface area contributed by atoms with Gasteiger partial charge in [-0.2, -0.15) is 0 Å². The van der Waals surface area contributed by atoms with Crippen molar-refractivity contribution in [1.82, 2.24) is 5.32 Å². The molecule has 0 heterocycles. The smallest absolute Gasteiger partial charge is 0.0149 e. The molecule has 5 fully saturated rings. The van der Waals surface area contributed by atoms with Gasteiger partial charge in [0.05, 0.1) is 0 Å². The zero-order chi connectivity index (χ0) is 12.4. The number of rotatable bonds is 3. The zero-order valence-electron chi connectivity index (χ0n) is 12.2. The van der Waals surface area contributed by atoms with Gasteiger partial charge in [0.1, 0.15) is 0 Å². The average Bonchev–Trinajstić information content (AvgIpc) is 2.18. The maximum absolute atomic E-state index is 3.78. The fourth-order valence-corrected chi connectivity index (χ4v) is 6.98. The first-order valence-corrected chi connectivity index (χ1v) is 8.30. The van der Waals surface area contributed by atoms with E-state index in [1.165, 1.54) is 25.7 Å². The summed E-state index contributed by atoms with van der Waals surface area (Å²) >= 11 is 0. The Morgan fingerprint density at radius 1 is 1.06 bits per heavy atom. The van der Waals surface area contributed by atoms with Crippen molar-refractivity contribution in [3.05, 3.63) is 0 Å². The number of hydrogen-bond donors (Lipinski definition) is 1. The van der Waals surface area contributed by atoms with Gasteiger partial charge in [0.2, 0.25) is 0 Å². The highest BCUT2D eigenvalue weighted by molar-refractivity contribution is 5.11. The van der Waals surface area contributed by atoms with Crippen LogP contribution in [0.25, 0.3) is 0 Å². The van der Waals surface area contributed by atoms with Crippen LogP contribution >= 0.6 is 0 Å². The van der Waals surface area contributed by atoms with Gasteiger partial charge in [-0.25, -0.2) is 0 Å². The molecule has 0 aliphatic heterocycles. The monoisotopic (exact) mass is 247 g/mol. The van der Waals surface area contributed by atoms with Crippen molar-refractivity contribution in [3.8, 4) is 0 Å². The molecule has 0 aromatic rings. The minimum absolute atomic E-state index is 0.693. The average molecular weight is 247 g/mol. The molecule has 0 aromatic carbocycles. The molecule has 3 atom stereocenters. The van der Waals surface area contributed by atoms with Crippen LogP contribution in [0, 0.1) is 28.6 Å². The molecule has 5 aliphatic rings. The third-order valence-electron chi connectivity index (χ3n) is 6.99. The maximum atomic E-state index is 3.78. The molecule has 5 aliphatic carbocycles. The van der Waals surface area contributed by atoms with E-state index < -0.39 is 0 Å². The topological polar surface area (TPSA) is 12.0 Å². The van der Waals surface area contributed by atoms with Crippen LogP contribution in [0.1, 0.15) is 64.7 Å². The van der Waals surface area contributed by atoms with Crippen molar-refractivity contribution >= 4 is 0 Å². The van der Waals surface area contributed by atoms with E-state index in [4.69, 9.17) is 0 Å². The molecule has 0 aromatic heterocycles. The summed E-state index contributed by atoms with van der Waals surface area (Å²) in [5, 5.41) is 3.78. The summed E-state index contributed by atoms with van der Waals surface area (Å²) in [4.78, 5) is 0. The van der Waals surface area contributed by atoms with Crippen molar-refractivity contribution in [2.24, 2.45) is 28.6 Å². The molecular weight excluding hydrogens is 218 g/mol. The van der Waals surface area contributed by atoms with Crippen molar-refractivity contribution in [2.45, 2.75) is 70.8 Å². The van der Waals surface area contributed by atoms with Crippen molar-refractivity contribution in [3.63, 3.8) is 0 Å². The Labute approximate surface area is 112 Å². The first-order valence-electron chi connectivity index (χ1n) is 8.30. The highest BCUT2D eigenvalue weighted by Gasteiger charge is 2.59. The Morgan fingerprint density at radius 3 is 2.17 bits per heavy atom. The van der Waals surface area contributed by atoms with Gasteiger partial charge >= 0.3 is 0 Å². The third kappa shape index (κ3) is 1.55. The van der Waals surface area contributed by atoms with E-state index in [1.54, 1.807) is 32.1 Å². The minimum atomic E-state index is 0.693. The molecule has 0 radical (unpaired) electrons. The second-order valence-corrected chi connectivity index (χ2v) is 8.59. The van der Waals surface area contributed by atoms with E-state index in [0.717, 1.165) is 23.8 Å². The summed E-state index contributed by atoms with van der Waals surface area (Å²) in [6.45, 7) is 2.60. The van der Waals surface area contributed by atoms with Gasteiger partial charge in [-0.15, -0.1) is 0 Å². The van der Waals surface area contributed by atoms with E-state index in [0.29, 0.717) is 10.8 Å². The quantitative estimate of drug-likeness (QED) is 0.795. The van der Waals surface area contributed by atoms with E-state index in [9.17, 15) is 0 Å². The normalized spacial score (nSPS) is 52.3. The van der Waals surface area contributed by atoms with E-state index in [2.05, 4.69) is 19.3 Å². The Kier molecular flexibility index (Phi) is 2.45. The lowest BCUT2D eigenvalue weighted by Crippen LogP contribution is -2.60. The molecule has 4 bridgehead atoms. The van der Waals surface area contributed by atoms with Crippen LogP contribution in [-0.2, 0) is 0 Å². The standard InChI is InChI=1S/C17H29N/c1-16-7-12-6-13(8-16)10-17(9-12,11-16)15(18-2)14-4-3-5-14/h12-15,18H,3-11H2,1-2H3. The molecule has 0 spiro atoms. The highest BCUT2D eigenvalue weighted by Crippen LogP contribution is 2.67. The Hall–Kier alpha value is -0.0400. The van der Waals surface area contributed by atoms with Crippen LogP contribution in [0.5, 0.6) is 0 Å². The summed E-state index contributed by atoms with van der Waals surface area (Å²) in [5.74, 6) is 3.16. The van der Waals surface area contributed by atoms with Crippen molar-refractivity contribution in [1.29, 1.82) is 0 Å². The number of nitrogens with one attached hydrogen (secondary N) is 1. The second-order valence-electron chi connectivity index (χ2n) is 8.59. The molecule has 0 amide bonds. The first-order chi connectivity index (χ1) is 8.62. The molecule has 3 unspecified atom stereocenters. The predicted octanol–water partition coefficient (Wildman–Crippen LogP) is 3.98. The van der Waals surface area contributed by atoms with E-state index >= 15 is 0 Å². The van der Waals surface area contributed by atoms with Gasteiger partial charge < -0.3 is 5.32 Å². The Morgan fingerprint density at radius 2 is 1.72 bits per heavy atom. The third-order valence-corrected chi connectivity index (χ3v) is 6.99. The van der Waals surface area contributed by atoms with Gasteiger partial charge in [-0.3, -0.25) is 0 Å². The molecule has 1 N–H and O–H groups in total. The predicted molar refractivity (Wildman–Crippen MR) is 75.4 cm³/mol. The Bertz CT molecular complexity index is 330. The lowest BCUT2D eigenvalue weighted by Gasteiger charge is -2.65. The molecule has 5 saturated carbocycles. The van der Waals surface area contributed by atoms with Crippen molar-refractivity contribution in [2.75, 3.05) is 7.05 Å². The zero-order valence-corrected chi connectivity index (χ0v) is 12.2. The van der Waals surface area contributed by atoms with E-state index in [-0.39, 0.29) is 0 Å². The Balaban J connectivity index is 1.65. The van der Waals surface area contributed by atoms with Crippen LogP contribution in [0.15, 0.2) is 0 Å². The SMILES string of the molecule is CNC(C1CCC1)C12CC3CC(CC(C)(C3)C1)C2. The number of hydrogen-bond acceptors (Lipinski definition) is 1. The van der Waals surface area contributed by atoms with Crippen LogP contribution < -0.4 is 5.32 Å². The molecule has 5 rings (SSSR count). The van der Waals surface area contributed by atoms with Crippen molar-refractivity contribution < 1.29 is 0 Å². The van der Waals surface area contributed by atoms with Crippen LogP contribution in [0.2, 0.25) is 0 Å². The van der Waals surface area contributed by atoms with Gasteiger partial charge in [0.25, 0.3) is 0 Å². The molecule has 1 heteroatoms. The van der Waals surface area contributed by atoms with Gasteiger partial charge in [0.15, 0.2) is 0 Å². The summed E-state index contributed by atoms with van der Waals surface area (Å²) in [7, 11) is 2.24. The summed E-state index contributed by atoms with van der Waals surface area (Å²) < 4.78 is 0. The fourth-order valence-electron chi connectivity index (χ4n) is 6.98. The van der Waals surface area contributed by atoms with E-state index in [1.807, 2.05) is 0 Å². The van der Waals surface area contributed by atoms with Gasteiger partial charge in [-0.1, -0.05) is 13.3 Å². The summed E-state index contributed by atoms with van der Waals surface area (Å²) in [5.41, 5.74) is 1.40. The lowest BCUT2D eigenvalue weighted by atomic mass is 9.42. The molecule has 1 nitrogen and oxygen atoms in total. The second kappa shape index (κ2) is 3.75. The summed E-state index contributed by atoms with van der Waals surface area (Å²) in [6.07, 6.45) is 13.8. The first kappa shape index (κ1) is 11.8. The maximum Gasteiger partial charge on any atom is 0.0149 e. The summed E-state index contributed by atoms with van der Waals surface area (Å²) in [6, 6.07) is 0.844. The highest BCUT2D eigenvalue weighted by atomic mass is 14.9. The lowest BCUT2D eigenvalue weighted by molar-refractivity contribution is -0.130. The van der Waals surface area contributed by atoms with Crippen LogP contribution in [-0.4, -0.2) is 13.1 Å². The van der Waals surface area contributed by atoms with Crippen LogP contribution in [0.4, 0.5) is 0 Å². The minimum Gasteiger partial charge on any atom is -0.316 e. The largest absolute Gasteiger partial charge is 0.316 e.